The van der Waals surface area contributed by atoms with Crippen LogP contribution in [0.15, 0.2) is 6.33 Å². The first-order chi connectivity index (χ1) is 6.29. The monoisotopic (exact) mass is 198 g/mol. The van der Waals surface area contributed by atoms with Crippen LogP contribution in [0.1, 0.15) is 10.4 Å². The molecule has 1 aliphatic rings. The Morgan fingerprint density at radius 1 is 1.31 bits per heavy atom. The molecule has 5 nitrogen and oxygen atoms in total. The van der Waals surface area contributed by atoms with Crippen LogP contribution in [0.5, 0.6) is 0 Å². The first-order valence-electron chi connectivity index (χ1n) is 3.81. The number of aromatic nitrogens is 2. The van der Waals surface area contributed by atoms with Crippen molar-refractivity contribution in [3.63, 3.8) is 0 Å². The molecule has 0 bridgehead atoms. The Kier molecular flexibility index (Phi) is 2.02. The number of nitrogens with zero attached hydrogens (tertiary/aromatic N) is 2. The lowest BCUT2D eigenvalue weighted by Gasteiger charge is -2.03. The summed E-state index contributed by atoms with van der Waals surface area (Å²) in [5.41, 5.74) is 0.321. The summed E-state index contributed by atoms with van der Waals surface area (Å²) in [4.78, 5) is 19.1. The highest BCUT2D eigenvalue weighted by atomic mass is 35.5. The standard InChI is InChI=1S/C7H7ClN4O/c8-5-4-6(12-3-11-5)9-1-2-10-7(4)13/h3H,1-2H2,(H,10,13)(H,9,11,12). The zero-order valence-electron chi connectivity index (χ0n) is 6.67. The molecular weight excluding hydrogens is 192 g/mol. The van der Waals surface area contributed by atoms with Crippen molar-refractivity contribution in [1.82, 2.24) is 15.3 Å². The van der Waals surface area contributed by atoms with Gasteiger partial charge in [0.05, 0.1) is 0 Å². The van der Waals surface area contributed by atoms with Gasteiger partial charge in [-0.25, -0.2) is 9.97 Å². The average molecular weight is 199 g/mol. The summed E-state index contributed by atoms with van der Waals surface area (Å²) < 4.78 is 0. The number of hydrogen-bond donors (Lipinski definition) is 2. The number of carbonyl (C=O) groups excluding carboxylic acids is 1. The van der Waals surface area contributed by atoms with Gasteiger partial charge in [0.2, 0.25) is 0 Å². The molecule has 0 fully saturated rings. The van der Waals surface area contributed by atoms with Crippen LogP contribution >= 0.6 is 11.6 Å². The van der Waals surface area contributed by atoms with Crippen LogP contribution < -0.4 is 10.6 Å². The molecule has 0 aliphatic carbocycles. The maximum Gasteiger partial charge on any atom is 0.258 e. The summed E-state index contributed by atoms with van der Waals surface area (Å²) in [5.74, 6) is 0.264. The van der Waals surface area contributed by atoms with Crippen LogP contribution in [0.2, 0.25) is 5.15 Å². The Hall–Kier alpha value is -1.36. The molecule has 6 heteroatoms. The number of halogens is 1. The van der Waals surface area contributed by atoms with Crippen LogP contribution in [0.4, 0.5) is 5.82 Å². The Morgan fingerprint density at radius 2 is 2.08 bits per heavy atom. The second-order valence-corrected chi connectivity index (χ2v) is 2.93. The number of hydrogen-bond acceptors (Lipinski definition) is 4. The van der Waals surface area contributed by atoms with Crippen molar-refractivity contribution < 1.29 is 4.79 Å². The molecule has 13 heavy (non-hydrogen) atoms. The largest absolute Gasteiger partial charge is 0.367 e. The molecule has 0 saturated carbocycles. The molecule has 2 rings (SSSR count). The number of carbonyl (C=O) groups is 1. The van der Waals surface area contributed by atoms with E-state index in [1.54, 1.807) is 0 Å². The molecular formula is C7H7ClN4O. The van der Waals surface area contributed by atoms with E-state index in [0.29, 0.717) is 24.5 Å². The molecule has 68 valence electrons. The second kappa shape index (κ2) is 3.18. The lowest BCUT2D eigenvalue weighted by atomic mass is 10.3. The van der Waals surface area contributed by atoms with E-state index in [-0.39, 0.29) is 11.1 Å². The van der Waals surface area contributed by atoms with E-state index in [1.807, 2.05) is 0 Å². The molecule has 1 aromatic heterocycles. The van der Waals surface area contributed by atoms with Gasteiger partial charge >= 0.3 is 0 Å². The number of nitrogens with one attached hydrogen (secondary N) is 2. The SMILES string of the molecule is O=C1NCCNc2ncnc(Cl)c21. The lowest BCUT2D eigenvalue weighted by Crippen LogP contribution is -2.24. The van der Waals surface area contributed by atoms with E-state index in [2.05, 4.69) is 20.6 Å². The van der Waals surface area contributed by atoms with Crippen LogP contribution in [-0.4, -0.2) is 29.0 Å². The molecule has 0 radical (unpaired) electrons. The third-order valence-electron chi connectivity index (χ3n) is 1.73. The van der Waals surface area contributed by atoms with E-state index in [9.17, 15) is 4.79 Å². The molecule has 0 aromatic carbocycles. The fourth-order valence-electron chi connectivity index (χ4n) is 1.14. The molecule has 0 unspecified atom stereocenters. The Bertz CT molecular complexity index is 354. The molecule has 0 saturated heterocycles. The summed E-state index contributed by atoms with van der Waals surface area (Å²) in [7, 11) is 0. The van der Waals surface area contributed by atoms with Crippen molar-refractivity contribution in [2.45, 2.75) is 0 Å². The fourth-order valence-corrected chi connectivity index (χ4v) is 1.36. The van der Waals surface area contributed by atoms with Crippen molar-refractivity contribution in [3.05, 3.63) is 17.0 Å². The van der Waals surface area contributed by atoms with Crippen molar-refractivity contribution in [3.8, 4) is 0 Å². The van der Waals surface area contributed by atoms with Crippen LogP contribution in [-0.2, 0) is 0 Å². The molecule has 1 aliphatic heterocycles. The first-order valence-corrected chi connectivity index (χ1v) is 4.19. The van der Waals surface area contributed by atoms with E-state index >= 15 is 0 Å². The third-order valence-corrected chi connectivity index (χ3v) is 2.02. The van der Waals surface area contributed by atoms with Gasteiger partial charge in [-0.15, -0.1) is 0 Å². The van der Waals surface area contributed by atoms with Crippen molar-refractivity contribution in [1.29, 1.82) is 0 Å². The summed E-state index contributed by atoms with van der Waals surface area (Å²) >= 11 is 5.76. The summed E-state index contributed by atoms with van der Waals surface area (Å²) in [6.45, 7) is 1.21. The highest BCUT2D eigenvalue weighted by molar-refractivity contribution is 6.33. The van der Waals surface area contributed by atoms with E-state index < -0.39 is 0 Å². The number of anilines is 1. The molecule has 0 atom stereocenters. The predicted molar refractivity (Wildman–Crippen MR) is 47.9 cm³/mol. The highest BCUT2D eigenvalue weighted by Crippen LogP contribution is 2.20. The summed E-state index contributed by atoms with van der Waals surface area (Å²) in [5, 5.41) is 5.83. The van der Waals surface area contributed by atoms with Gasteiger partial charge in [-0.05, 0) is 0 Å². The normalized spacial score (nSPS) is 15.3. The minimum Gasteiger partial charge on any atom is -0.367 e. The van der Waals surface area contributed by atoms with Gasteiger partial charge in [0.15, 0.2) is 0 Å². The van der Waals surface area contributed by atoms with Crippen LogP contribution in [0.25, 0.3) is 0 Å². The third kappa shape index (κ3) is 1.42. The zero-order chi connectivity index (χ0) is 9.26. The lowest BCUT2D eigenvalue weighted by molar-refractivity contribution is 0.0957. The van der Waals surface area contributed by atoms with E-state index in [1.165, 1.54) is 6.33 Å². The van der Waals surface area contributed by atoms with Gasteiger partial charge in [0, 0.05) is 13.1 Å². The number of rotatable bonds is 0. The quantitative estimate of drug-likeness (QED) is 0.588. The smallest absolute Gasteiger partial charge is 0.258 e. The summed E-state index contributed by atoms with van der Waals surface area (Å²) in [6.07, 6.45) is 1.33. The van der Waals surface area contributed by atoms with Crippen molar-refractivity contribution >= 4 is 23.3 Å². The maximum atomic E-state index is 11.4. The molecule has 0 spiro atoms. The van der Waals surface area contributed by atoms with Gasteiger partial charge in [0.25, 0.3) is 5.91 Å². The maximum absolute atomic E-state index is 11.4. The average Bonchev–Trinajstić information content (AvgIpc) is 2.29. The molecule has 2 heterocycles. The van der Waals surface area contributed by atoms with Gasteiger partial charge in [0.1, 0.15) is 22.9 Å². The molecule has 2 N–H and O–H groups in total. The Labute approximate surface area is 79.5 Å². The van der Waals surface area contributed by atoms with Gasteiger partial charge in [-0.3, -0.25) is 4.79 Å². The Morgan fingerprint density at radius 3 is 2.92 bits per heavy atom. The molecule has 1 aromatic rings. The minimum absolute atomic E-state index is 0.178. The predicted octanol–water partition coefficient (Wildman–Crippen LogP) is 0.285. The van der Waals surface area contributed by atoms with Gasteiger partial charge < -0.3 is 10.6 Å². The minimum atomic E-state index is -0.231. The van der Waals surface area contributed by atoms with E-state index in [4.69, 9.17) is 11.6 Å². The Balaban J connectivity index is 2.55. The molecule has 1 amide bonds. The van der Waals surface area contributed by atoms with Crippen LogP contribution in [0, 0.1) is 0 Å². The zero-order valence-corrected chi connectivity index (χ0v) is 7.43. The van der Waals surface area contributed by atoms with Crippen LogP contribution in [0.3, 0.4) is 0 Å². The summed E-state index contributed by atoms with van der Waals surface area (Å²) in [6, 6.07) is 0. The van der Waals surface area contributed by atoms with E-state index in [0.717, 1.165) is 0 Å². The van der Waals surface area contributed by atoms with Crippen molar-refractivity contribution in [2.24, 2.45) is 0 Å². The number of fused-ring (bicyclic) bond motifs is 1. The van der Waals surface area contributed by atoms with Gasteiger partial charge in [-0.2, -0.15) is 0 Å². The van der Waals surface area contributed by atoms with Crippen molar-refractivity contribution in [2.75, 3.05) is 18.4 Å². The highest BCUT2D eigenvalue weighted by Gasteiger charge is 2.19. The fraction of sp³-hybridized carbons (Fsp3) is 0.286. The first kappa shape index (κ1) is 8.25. The number of amides is 1. The van der Waals surface area contributed by atoms with Gasteiger partial charge in [-0.1, -0.05) is 11.6 Å². The second-order valence-electron chi connectivity index (χ2n) is 2.57. The topological polar surface area (TPSA) is 66.9 Å².